The third kappa shape index (κ3) is 1.50. The van der Waals surface area contributed by atoms with Crippen LogP contribution in [-0.4, -0.2) is 19.3 Å². The van der Waals surface area contributed by atoms with Crippen LogP contribution in [0.1, 0.15) is 23.7 Å². The Kier molecular flexibility index (Phi) is 2.19. The summed E-state index contributed by atoms with van der Waals surface area (Å²) in [6.07, 6.45) is 8.17. The van der Waals surface area contributed by atoms with Crippen LogP contribution in [0.15, 0.2) is 49.1 Å². The van der Waals surface area contributed by atoms with Gasteiger partial charge in [0.1, 0.15) is 0 Å². The summed E-state index contributed by atoms with van der Waals surface area (Å²) in [5.41, 5.74) is 5.42. The molecule has 2 unspecified atom stereocenters. The van der Waals surface area contributed by atoms with E-state index in [2.05, 4.69) is 49.7 Å². The minimum atomic E-state index is 0.419. The van der Waals surface area contributed by atoms with Crippen molar-refractivity contribution in [1.29, 1.82) is 0 Å². The first-order valence-electron chi connectivity index (χ1n) is 7.53. The number of nitrogens with zero attached hydrogens (tertiary/aromatic N) is 4. The number of imidazole rings is 1. The van der Waals surface area contributed by atoms with Crippen molar-refractivity contribution in [2.24, 2.45) is 5.92 Å². The maximum atomic E-state index is 4.39. The molecule has 2 aromatic heterocycles. The summed E-state index contributed by atoms with van der Waals surface area (Å²) in [5.74, 6) is 0.616. The van der Waals surface area contributed by atoms with E-state index in [0.717, 1.165) is 13.0 Å². The second kappa shape index (κ2) is 4.07. The highest BCUT2D eigenvalue weighted by molar-refractivity contribution is 5.69. The zero-order valence-electron chi connectivity index (χ0n) is 11.7. The van der Waals surface area contributed by atoms with Gasteiger partial charge in [0.15, 0.2) is 0 Å². The van der Waals surface area contributed by atoms with Gasteiger partial charge in [0.25, 0.3) is 0 Å². The predicted molar refractivity (Wildman–Crippen MR) is 79.8 cm³/mol. The molecule has 0 saturated carbocycles. The third-order valence-electron chi connectivity index (χ3n) is 4.96. The number of aromatic nitrogens is 4. The van der Waals surface area contributed by atoms with Crippen LogP contribution in [0.4, 0.5) is 0 Å². The summed E-state index contributed by atoms with van der Waals surface area (Å²) in [6, 6.07) is 11.3. The van der Waals surface area contributed by atoms with Crippen LogP contribution in [0.25, 0.3) is 11.3 Å². The number of hydrogen-bond acceptors (Lipinski definition) is 2. The molecule has 0 radical (unpaired) electrons. The minimum absolute atomic E-state index is 0.419. The van der Waals surface area contributed by atoms with Crippen molar-refractivity contribution in [1.82, 2.24) is 19.3 Å². The zero-order chi connectivity index (χ0) is 13.8. The average molecular weight is 276 g/mol. The summed E-state index contributed by atoms with van der Waals surface area (Å²) in [6.45, 7) is 1.02. The summed E-state index contributed by atoms with van der Waals surface area (Å²) in [7, 11) is 0. The van der Waals surface area contributed by atoms with Gasteiger partial charge in [-0.3, -0.25) is 4.68 Å². The van der Waals surface area contributed by atoms with E-state index in [-0.39, 0.29) is 0 Å². The van der Waals surface area contributed by atoms with Crippen molar-refractivity contribution in [2.45, 2.75) is 25.4 Å². The topological polar surface area (TPSA) is 35.6 Å². The lowest BCUT2D eigenvalue weighted by molar-refractivity contribution is 0.297. The van der Waals surface area contributed by atoms with Crippen LogP contribution >= 0.6 is 0 Å². The van der Waals surface area contributed by atoms with Gasteiger partial charge in [-0.1, -0.05) is 24.3 Å². The van der Waals surface area contributed by atoms with Gasteiger partial charge in [0, 0.05) is 24.0 Å². The maximum Gasteiger partial charge on any atom is 0.0956 e. The Morgan fingerprint density at radius 2 is 2.10 bits per heavy atom. The van der Waals surface area contributed by atoms with Crippen LogP contribution in [0.5, 0.6) is 0 Å². The molecule has 0 amide bonds. The number of aryl methyl sites for hydroxylation is 1. The molecule has 2 aliphatic rings. The Bertz CT molecular complexity index is 814. The molecule has 2 atom stereocenters. The first-order valence-corrected chi connectivity index (χ1v) is 7.53. The van der Waals surface area contributed by atoms with Gasteiger partial charge >= 0.3 is 0 Å². The van der Waals surface area contributed by atoms with Crippen molar-refractivity contribution in [2.75, 3.05) is 0 Å². The Morgan fingerprint density at radius 3 is 3.10 bits per heavy atom. The monoisotopic (exact) mass is 276 g/mol. The van der Waals surface area contributed by atoms with Crippen LogP contribution in [0, 0.1) is 5.92 Å². The average Bonchev–Trinajstić information content (AvgIpc) is 3.21. The molecule has 0 aliphatic carbocycles. The molecule has 5 rings (SSSR count). The second-order valence-electron chi connectivity index (χ2n) is 6.02. The van der Waals surface area contributed by atoms with Gasteiger partial charge in [0.05, 0.1) is 24.3 Å². The van der Waals surface area contributed by atoms with Crippen molar-refractivity contribution in [3.63, 3.8) is 0 Å². The molecule has 21 heavy (non-hydrogen) atoms. The quantitative estimate of drug-likeness (QED) is 0.685. The summed E-state index contributed by atoms with van der Waals surface area (Å²) in [5, 5.41) is 4.39. The number of rotatable bonds is 1. The molecule has 0 spiro atoms. The van der Waals surface area contributed by atoms with Crippen LogP contribution < -0.4 is 0 Å². The van der Waals surface area contributed by atoms with Gasteiger partial charge in [-0.15, -0.1) is 0 Å². The van der Waals surface area contributed by atoms with Gasteiger partial charge in [-0.25, -0.2) is 4.98 Å². The third-order valence-corrected chi connectivity index (χ3v) is 4.96. The van der Waals surface area contributed by atoms with E-state index in [1.807, 2.05) is 18.7 Å². The van der Waals surface area contributed by atoms with E-state index < -0.39 is 0 Å². The number of hydrogen-bond donors (Lipinski definition) is 0. The van der Waals surface area contributed by atoms with E-state index in [9.17, 15) is 0 Å². The first kappa shape index (κ1) is 11.3. The molecule has 0 fully saturated rings. The maximum absolute atomic E-state index is 4.39. The fraction of sp³-hybridized carbons (Fsp3) is 0.294. The largest absolute Gasteiger partial charge is 0.323 e. The van der Waals surface area contributed by atoms with E-state index in [1.165, 1.54) is 28.9 Å². The molecule has 0 saturated heterocycles. The van der Waals surface area contributed by atoms with Crippen molar-refractivity contribution < 1.29 is 0 Å². The Morgan fingerprint density at radius 1 is 1.14 bits per heavy atom. The van der Waals surface area contributed by atoms with Gasteiger partial charge < -0.3 is 4.57 Å². The molecule has 3 aromatic rings. The van der Waals surface area contributed by atoms with Gasteiger partial charge in [-0.05, 0) is 30.4 Å². The van der Waals surface area contributed by atoms with Gasteiger partial charge in [0.2, 0.25) is 0 Å². The zero-order valence-corrected chi connectivity index (χ0v) is 11.7. The summed E-state index contributed by atoms with van der Waals surface area (Å²) in [4.78, 5) is 4.37. The lowest BCUT2D eigenvalue weighted by atomic mass is 9.85. The molecule has 104 valence electrons. The van der Waals surface area contributed by atoms with Crippen molar-refractivity contribution in [3.05, 3.63) is 60.3 Å². The second-order valence-corrected chi connectivity index (χ2v) is 6.02. The molecular weight excluding hydrogens is 260 g/mol. The van der Waals surface area contributed by atoms with Crippen molar-refractivity contribution >= 4 is 0 Å². The highest BCUT2D eigenvalue weighted by atomic mass is 15.3. The number of fused-ring (bicyclic) bond motifs is 4. The Labute approximate surface area is 123 Å². The summed E-state index contributed by atoms with van der Waals surface area (Å²) < 4.78 is 4.51. The highest BCUT2D eigenvalue weighted by Gasteiger charge is 2.35. The molecule has 4 heteroatoms. The Hall–Kier alpha value is -2.36. The molecule has 4 nitrogen and oxygen atoms in total. The molecule has 0 N–H and O–H groups in total. The van der Waals surface area contributed by atoms with Crippen LogP contribution in [-0.2, 0) is 13.0 Å². The minimum Gasteiger partial charge on any atom is -0.323 e. The SMILES string of the molecule is c1ccc2c(c1)-c1cncn1C2C1CCn2nccc2C1. The fourth-order valence-electron chi connectivity index (χ4n) is 4.02. The lowest BCUT2D eigenvalue weighted by Gasteiger charge is -2.30. The van der Waals surface area contributed by atoms with E-state index in [4.69, 9.17) is 0 Å². The van der Waals surface area contributed by atoms with E-state index >= 15 is 0 Å². The first-order chi connectivity index (χ1) is 10.4. The van der Waals surface area contributed by atoms with Crippen molar-refractivity contribution in [3.8, 4) is 11.3 Å². The molecule has 0 bridgehead atoms. The van der Waals surface area contributed by atoms with Crippen LogP contribution in [0.3, 0.4) is 0 Å². The standard InChI is InChI=1S/C17H16N4/c1-2-4-15-14(3-1)16-10-18-11-20(16)17(15)12-6-8-21-13(9-12)5-7-19-21/h1-5,7,10-12,17H,6,8-9H2. The molecule has 2 aliphatic heterocycles. The Balaban J connectivity index is 1.61. The molecule has 1 aromatic carbocycles. The molecular formula is C17H16N4. The number of benzene rings is 1. The van der Waals surface area contributed by atoms with Crippen LogP contribution in [0.2, 0.25) is 0 Å². The highest BCUT2D eigenvalue weighted by Crippen LogP contribution is 2.45. The normalized spacial score (nSPS) is 22.7. The van der Waals surface area contributed by atoms with E-state index in [0.29, 0.717) is 12.0 Å². The summed E-state index contributed by atoms with van der Waals surface area (Å²) >= 11 is 0. The molecule has 4 heterocycles. The lowest BCUT2D eigenvalue weighted by Crippen LogP contribution is -2.27. The fourth-order valence-corrected chi connectivity index (χ4v) is 4.02. The smallest absolute Gasteiger partial charge is 0.0956 e. The predicted octanol–water partition coefficient (Wildman–Crippen LogP) is 2.91. The van der Waals surface area contributed by atoms with E-state index in [1.54, 1.807) is 0 Å². The van der Waals surface area contributed by atoms with Gasteiger partial charge in [-0.2, -0.15) is 5.10 Å².